The number of para-hydroxylation sites is 1. The summed E-state index contributed by atoms with van der Waals surface area (Å²) >= 11 is 0. The monoisotopic (exact) mass is 447 g/mol. The van der Waals surface area contributed by atoms with Crippen molar-refractivity contribution in [3.05, 3.63) is 140 Å². The van der Waals surface area contributed by atoms with Crippen molar-refractivity contribution in [1.82, 2.24) is 0 Å². The van der Waals surface area contributed by atoms with Crippen molar-refractivity contribution in [3.8, 4) is 0 Å². The molecule has 0 radical (unpaired) electrons. The van der Waals surface area contributed by atoms with Gasteiger partial charge in [0.2, 0.25) is 0 Å². The summed E-state index contributed by atoms with van der Waals surface area (Å²) in [5.74, 6) is 0. The van der Waals surface area contributed by atoms with Gasteiger partial charge in [0.05, 0.1) is 0 Å². The summed E-state index contributed by atoms with van der Waals surface area (Å²) in [5.41, 5.74) is 8.06. The summed E-state index contributed by atoms with van der Waals surface area (Å²) < 4.78 is 0. The Kier molecular flexibility index (Phi) is 11.1. The Morgan fingerprint density at radius 2 is 1.24 bits per heavy atom. The second-order valence-corrected chi connectivity index (χ2v) is 7.38. The molecule has 0 unspecified atom stereocenters. The molecule has 1 heteroatoms. The van der Waals surface area contributed by atoms with Crippen LogP contribution < -0.4 is 4.90 Å². The van der Waals surface area contributed by atoms with E-state index < -0.39 is 0 Å². The maximum absolute atomic E-state index is 3.96. The van der Waals surface area contributed by atoms with Gasteiger partial charge in [0, 0.05) is 17.1 Å². The molecule has 1 nitrogen and oxygen atoms in total. The van der Waals surface area contributed by atoms with E-state index in [4.69, 9.17) is 0 Å². The van der Waals surface area contributed by atoms with Crippen LogP contribution in [0.1, 0.15) is 45.2 Å². The number of hydrogen-bond acceptors (Lipinski definition) is 1. The van der Waals surface area contributed by atoms with Gasteiger partial charge in [-0.1, -0.05) is 113 Å². The van der Waals surface area contributed by atoms with E-state index in [2.05, 4.69) is 123 Å². The third-order valence-corrected chi connectivity index (χ3v) is 5.30. The van der Waals surface area contributed by atoms with Crippen LogP contribution in [0.4, 0.5) is 17.1 Å². The first-order chi connectivity index (χ1) is 16.7. The second-order valence-electron chi connectivity index (χ2n) is 7.38. The van der Waals surface area contributed by atoms with E-state index in [-0.39, 0.29) is 0 Å². The van der Waals surface area contributed by atoms with Crippen LogP contribution in [-0.4, -0.2) is 0 Å². The Morgan fingerprint density at radius 3 is 1.68 bits per heavy atom. The highest BCUT2D eigenvalue weighted by atomic mass is 15.1. The van der Waals surface area contributed by atoms with Crippen LogP contribution in [0.2, 0.25) is 0 Å². The van der Waals surface area contributed by atoms with Gasteiger partial charge in [0.15, 0.2) is 0 Å². The number of benzene rings is 3. The molecule has 0 spiro atoms. The smallest absolute Gasteiger partial charge is 0.0462 e. The van der Waals surface area contributed by atoms with Gasteiger partial charge < -0.3 is 4.90 Å². The lowest BCUT2D eigenvalue weighted by Crippen LogP contribution is -2.09. The first-order valence-corrected chi connectivity index (χ1v) is 12.1. The van der Waals surface area contributed by atoms with Crippen LogP contribution in [-0.2, 0) is 0 Å². The highest BCUT2D eigenvalue weighted by molar-refractivity contribution is 5.81. The number of allylic oxidation sites excluding steroid dienone is 8. The van der Waals surface area contributed by atoms with E-state index in [1.54, 1.807) is 6.08 Å². The Labute approximate surface area is 206 Å². The summed E-state index contributed by atoms with van der Waals surface area (Å²) in [7, 11) is 0. The molecule has 0 saturated carbocycles. The van der Waals surface area contributed by atoms with Gasteiger partial charge in [-0.05, 0) is 72.0 Å². The van der Waals surface area contributed by atoms with Crippen molar-refractivity contribution < 1.29 is 0 Å². The summed E-state index contributed by atoms with van der Waals surface area (Å²) in [6.07, 6.45) is 13.1. The fourth-order valence-corrected chi connectivity index (χ4v) is 3.70. The standard InChI is InChI=1S/C31H31N.C2H6/c1-5-9-14-26(8-4)28-19-23-31(24-20-28)32(29-15-11-10-12-16-29)30-21-17-27(18-22-30)25(7-3)13-6-2;1-2/h5,7-24H,1,3,6H2,2,4H3;1-2H3/b14-9-,25-13+,26-8+;. The van der Waals surface area contributed by atoms with Crippen LogP contribution in [0.5, 0.6) is 0 Å². The maximum atomic E-state index is 3.96. The van der Waals surface area contributed by atoms with E-state index in [1.807, 2.05) is 32.1 Å². The van der Waals surface area contributed by atoms with E-state index in [9.17, 15) is 0 Å². The fourth-order valence-electron chi connectivity index (χ4n) is 3.70. The van der Waals surface area contributed by atoms with Crippen LogP contribution in [0.15, 0.2) is 128 Å². The van der Waals surface area contributed by atoms with Crippen LogP contribution in [0.25, 0.3) is 11.1 Å². The first kappa shape index (κ1) is 26.4. The maximum Gasteiger partial charge on any atom is 0.0462 e. The van der Waals surface area contributed by atoms with E-state index in [0.717, 1.165) is 23.5 Å². The van der Waals surface area contributed by atoms with Gasteiger partial charge in [0.1, 0.15) is 0 Å². The van der Waals surface area contributed by atoms with Crippen molar-refractivity contribution in [2.24, 2.45) is 0 Å². The molecule has 0 fully saturated rings. The normalized spacial score (nSPS) is 11.5. The first-order valence-electron chi connectivity index (χ1n) is 12.1. The molecule has 0 aliphatic carbocycles. The molecular formula is C33H37N. The molecule has 0 N–H and O–H groups in total. The fraction of sp³-hybridized carbons (Fsp3) is 0.152. The largest absolute Gasteiger partial charge is 0.311 e. The van der Waals surface area contributed by atoms with Crippen molar-refractivity contribution in [3.63, 3.8) is 0 Å². The predicted octanol–water partition coefficient (Wildman–Crippen LogP) is 10.3. The molecule has 3 aromatic carbocycles. The van der Waals surface area contributed by atoms with Gasteiger partial charge in [-0.15, -0.1) is 0 Å². The topological polar surface area (TPSA) is 3.24 Å². The van der Waals surface area contributed by atoms with E-state index in [0.29, 0.717) is 0 Å². The number of hydrogen-bond donors (Lipinski definition) is 0. The summed E-state index contributed by atoms with van der Waals surface area (Å²) in [4.78, 5) is 2.28. The predicted molar refractivity (Wildman–Crippen MR) is 154 cm³/mol. The highest BCUT2D eigenvalue weighted by Crippen LogP contribution is 2.35. The lowest BCUT2D eigenvalue weighted by molar-refractivity contribution is 1.23. The Balaban J connectivity index is 0.00000199. The molecule has 0 aliphatic heterocycles. The lowest BCUT2D eigenvalue weighted by Gasteiger charge is -2.26. The van der Waals surface area contributed by atoms with Crippen molar-refractivity contribution >= 4 is 28.2 Å². The summed E-state index contributed by atoms with van der Waals surface area (Å²) in [6.45, 7) is 15.9. The molecule has 0 bridgehead atoms. The van der Waals surface area contributed by atoms with E-state index in [1.165, 1.54) is 22.3 Å². The van der Waals surface area contributed by atoms with Crippen LogP contribution >= 0.6 is 0 Å². The zero-order valence-electron chi connectivity index (χ0n) is 21.0. The molecule has 0 aliphatic rings. The molecule has 3 aromatic rings. The number of anilines is 3. The number of nitrogens with zero attached hydrogens (tertiary/aromatic N) is 1. The highest BCUT2D eigenvalue weighted by Gasteiger charge is 2.12. The summed E-state index contributed by atoms with van der Waals surface area (Å²) in [6, 6.07) is 27.8. The Hall–Kier alpha value is -3.84. The molecular weight excluding hydrogens is 410 g/mol. The molecule has 0 heterocycles. The Bertz CT molecular complexity index is 1110. The van der Waals surface area contributed by atoms with Crippen molar-refractivity contribution in [1.29, 1.82) is 0 Å². The number of rotatable bonds is 9. The lowest BCUT2D eigenvalue weighted by atomic mass is 10.0. The minimum absolute atomic E-state index is 0.988. The second kappa shape index (κ2) is 14.3. The third-order valence-electron chi connectivity index (χ3n) is 5.30. The van der Waals surface area contributed by atoms with Gasteiger partial charge in [0.25, 0.3) is 0 Å². The van der Waals surface area contributed by atoms with Crippen molar-refractivity contribution in [2.75, 3.05) is 4.90 Å². The zero-order valence-corrected chi connectivity index (χ0v) is 21.0. The average Bonchev–Trinajstić information content (AvgIpc) is 2.91. The minimum Gasteiger partial charge on any atom is -0.311 e. The van der Waals surface area contributed by atoms with E-state index >= 15 is 0 Å². The quantitative estimate of drug-likeness (QED) is 0.295. The van der Waals surface area contributed by atoms with Crippen LogP contribution in [0, 0.1) is 0 Å². The molecule has 0 saturated heterocycles. The van der Waals surface area contributed by atoms with Gasteiger partial charge >= 0.3 is 0 Å². The SMILES string of the molecule is C=C/C=C\C(=C/C)c1ccc(N(c2ccccc2)c2ccc(/C(C=C)=C/CC)cc2)cc1.CC. The molecule has 3 rings (SSSR count). The van der Waals surface area contributed by atoms with Crippen molar-refractivity contribution in [2.45, 2.75) is 34.1 Å². The van der Waals surface area contributed by atoms with Gasteiger partial charge in [-0.25, -0.2) is 0 Å². The molecule has 174 valence electrons. The Morgan fingerprint density at radius 1 is 0.735 bits per heavy atom. The van der Waals surface area contributed by atoms with Gasteiger partial charge in [-0.2, -0.15) is 0 Å². The summed E-state index contributed by atoms with van der Waals surface area (Å²) in [5, 5.41) is 0. The third kappa shape index (κ3) is 6.83. The van der Waals surface area contributed by atoms with Crippen LogP contribution in [0.3, 0.4) is 0 Å². The minimum atomic E-state index is 0.988. The molecule has 34 heavy (non-hydrogen) atoms. The van der Waals surface area contributed by atoms with Gasteiger partial charge in [-0.3, -0.25) is 0 Å². The molecule has 0 amide bonds. The molecule has 0 atom stereocenters. The average molecular weight is 448 g/mol. The molecule has 0 aromatic heterocycles. The zero-order chi connectivity index (χ0) is 24.8.